The lowest BCUT2D eigenvalue weighted by atomic mass is 9.44. The first kappa shape index (κ1) is 26.7. The van der Waals surface area contributed by atoms with Gasteiger partial charge in [0.1, 0.15) is 5.60 Å². The summed E-state index contributed by atoms with van der Waals surface area (Å²) in [4.78, 5) is 48.6. The van der Waals surface area contributed by atoms with Gasteiger partial charge < -0.3 is 19.7 Å². The molecule has 0 unspecified atom stereocenters. The van der Waals surface area contributed by atoms with Crippen LogP contribution in [-0.4, -0.2) is 64.8 Å². The molecule has 0 amide bonds. The van der Waals surface area contributed by atoms with Gasteiger partial charge in [-0.3, -0.25) is 19.2 Å². The van der Waals surface area contributed by atoms with Crippen molar-refractivity contribution in [3.8, 4) is 0 Å². The molecule has 8 atom stereocenters. The normalized spacial score (nSPS) is 43.1. The van der Waals surface area contributed by atoms with Crippen molar-refractivity contribution >= 4 is 23.5 Å². The number of aliphatic hydroxyl groups excluding tert-OH is 1. The van der Waals surface area contributed by atoms with Gasteiger partial charge in [0.05, 0.1) is 26.1 Å². The first-order valence-corrected chi connectivity index (χ1v) is 12.5. The summed E-state index contributed by atoms with van der Waals surface area (Å²) in [6.45, 7) is 4.47. The molecule has 0 aliphatic heterocycles. The van der Waals surface area contributed by atoms with E-state index < -0.39 is 70.3 Å². The van der Waals surface area contributed by atoms with E-state index in [2.05, 4.69) is 4.74 Å². The molecular formula is C27H35FO8. The van der Waals surface area contributed by atoms with Crippen molar-refractivity contribution in [1.29, 1.82) is 0 Å². The second kappa shape index (κ2) is 8.87. The number of methoxy groups -OCH3 is 1. The zero-order chi connectivity index (χ0) is 26.7. The topological polar surface area (TPSA) is 127 Å². The molecule has 4 aliphatic rings. The standard InChI is InChI=1S/C27H35FO8/c1-15-11-19-18-6-5-16-12-17(29)9-10-24(16,2)26(18,28)20(30)13-25(19,3)27(15,34)21(31)14-36-23(33)8-7-22(32)35-4/h9-10,12,15,18-20,30,34H,5-8,11,13-14H2,1-4H3/t15-,18+,19+,20+,24+,25+,26+,27+/m1/s1. The molecule has 0 aromatic heterocycles. The molecule has 0 saturated heterocycles. The van der Waals surface area contributed by atoms with Gasteiger partial charge in [0, 0.05) is 16.7 Å². The molecule has 0 heterocycles. The van der Waals surface area contributed by atoms with Gasteiger partial charge in [0.2, 0.25) is 5.78 Å². The van der Waals surface area contributed by atoms with E-state index in [0.29, 0.717) is 24.8 Å². The first-order valence-electron chi connectivity index (χ1n) is 12.5. The van der Waals surface area contributed by atoms with Gasteiger partial charge in [-0.05, 0) is 56.6 Å². The predicted molar refractivity (Wildman–Crippen MR) is 125 cm³/mol. The number of allylic oxidation sites excluding steroid dienone is 4. The molecule has 2 N–H and O–H groups in total. The van der Waals surface area contributed by atoms with Crippen molar-refractivity contribution in [3.05, 3.63) is 23.8 Å². The number of hydrogen-bond acceptors (Lipinski definition) is 8. The number of ketones is 2. The lowest BCUT2D eigenvalue weighted by Crippen LogP contribution is -2.69. The summed E-state index contributed by atoms with van der Waals surface area (Å²) in [5.74, 6) is -3.86. The Balaban J connectivity index is 1.59. The third-order valence-corrected chi connectivity index (χ3v) is 9.77. The molecule has 0 radical (unpaired) electrons. The van der Waals surface area contributed by atoms with Crippen LogP contribution in [0.1, 0.15) is 59.3 Å². The molecule has 4 rings (SSSR count). The Bertz CT molecular complexity index is 1050. The maximum Gasteiger partial charge on any atom is 0.306 e. The van der Waals surface area contributed by atoms with E-state index in [1.165, 1.54) is 19.3 Å². The Morgan fingerprint density at radius 3 is 2.50 bits per heavy atom. The second-order valence-electron chi connectivity index (χ2n) is 11.3. The fraction of sp³-hybridized carbons (Fsp3) is 0.704. The number of aliphatic hydroxyl groups is 2. The van der Waals surface area contributed by atoms with Gasteiger partial charge in [-0.1, -0.05) is 25.5 Å². The molecule has 0 aromatic rings. The highest BCUT2D eigenvalue weighted by atomic mass is 19.1. The predicted octanol–water partition coefficient (Wildman–Crippen LogP) is 2.40. The van der Waals surface area contributed by atoms with Crippen LogP contribution in [0.4, 0.5) is 4.39 Å². The number of esters is 2. The van der Waals surface area contributed by atoms with E-state index in [1.807, 2.05) is 0 Å². The number of Topliss-reactive ketones (excluding diaryl/α,β-unsaturated/α-hetero) is 1. The molecule has 3 saturated carbocycles. The van der Waals surface area contributed by atoms with E-state index in [9.17, 15) is 29.4 Å². The maximum atomic E-state index is 17.2. The highest BCUT2D eigenvalue weighted by Crippen LogP contribution is 2.70. The van der Waals surface area contributed by atoms with Gasteiger partial charge in [-0.25, -0.2) is 4.39 Å². The van der Waals surface area contributed by atoms with Crippen LogP contribution in [0.3, 0.4) is 0 Å². The van der Waals surface area contributed by atoms with Crippen LogP contribution in [0, 0.1) is 28.6 Å². The van der Waals surface area contributed by atoms with Crippen LogP contribution in [0.2, 0.25) is 0 Å². The summed E-state index contributed by atoms with van der Waals surface area (Å²) < 4.78 is 26.7. The first-order chi connectivity index (χ1) is 16.8. The van der Waals surface area contributed by atoms with Gasteiger partial charge in [-0.15, -0.1) is 0 Å². The second-order valence-corrected chi connectivity index (χ2v) is 11.3. The van der Waals surface area contributed by atoms with Crippen LogP contribution in [0.15, 0.2) is 23.8 Å². The Hall–Kier alpha value is -2.39. The number of rotatable bonds is 6. The molecule has 4 aliphatic carbocycles. The third kappa shape index (κ3) is 3.53. The summed E-state index contributed by atoms with van der Waals surface area (Å²) in [5, 5.41) is 23.2. The molecule has 0 aromatic carbocycles. The zero-order valence-electron chi connectivity index (χ0n) is 21.2. The molecule has 0 bridgehead atoms. The summed E-state index contributed by atoms with van der Waals surface area (Å²) in [7, 11) is 1.20. The Kier molecular flexibility index (Phi) is 6.57. The number of carbonyl (C=O) groups excluding carboxylic acids is 4. The van der Waals surface area contributed by atoms with Crippen LogP contribution in [0.5, 0.6) is 0 Å². The average molecular weight is 507 g/mol. The number of fused-ring (bicyclic) bond motifs is 5. The Morgan fingerprint density at radius 1 is 1.17 bits per heavy atom. The van der Waals surface area contributed by atoms with Crippen molar-refractivity contribution in [2.75, 3.05) is 13.7 Å². The highest BCUT2D eigenvalue weighted by molar-refractivity contribution is 6.01. The maximum absolute atomic E-state index is 17.2. The zero-order valence-corrected chi connectivity index (χ0v) is 21.2. The van der Waals surface area contributed by atoms with Gasteiger partial charge in [0.15, 0.2) is 18.1 Å². The largest absolute Gasteiger partial charge is 0.469 e. The van der Waals surface area contributed by atoms with E-state index in [4.69, 9.17) is 4.74 Å². The van der Waals surface area contributed by atoms with Crippen LogP contribution < -0.4 is 0 Å². The molecule has 8 nitrogen and oxygen atoms in total. The number of hydrogen-bond donors (Lipinski definition) is 2. The average Bonchev–Trinajstić information content (AvgIpc) is 3.03. The minimum absolute atomic E-state index is 0.155. The number of carbonyl (C=O) groups is 4. The number of ether oxygens (including phenoxy) is 2. The summed E-state index contributed by atoms with van der Waals surface area (Å²) in [6, 6.07) is 0. The van der Waals surface area contributed by atoms with Crippen molar-refractivity contribution in [2.24, 2.45) is 28.6 Å². The summed E-state index contributed by atoms with van der Waals surface area (Å²) in [6.07, 6.45) is 3.53. The molecule has 36 heavy (non-hydrogen) atoms. The highest BCUT2D eigenvalue weighted by Gasteiger charge is 2.75. The van der Waals surface area contributed by atoms with Crippen molar-refractivity contribution < 1.29 is 43.3 Å². The van der Waals surface area contributed by atoms with Gasteiger partial charge in [0.25, 0.3) is 0 Å². The minimum Gasteiger partial charge on any atom is -0.469 e. The fourth-order valence-electron chi connectivity index (χ4n) is 7.77. The number of halogens is 1. The summed E-state index contributed by atoms with van der Waals surface area (Å²) in [5.41, 5.74) is -5.64. The third-order valence-electron chi connectivity index (χ3n) is 9.77. The quantitative estimate of drug-likeness (QED) is 0.526. The SMILES string of the molecule is COC(=O)CCC(=O)OCC(=O)[C@@]1(O)[C@H](C)C[C@H]2[C@@H]3CCC4=CC(=O)C=C[C@]4(C)[C@@]3(F)[C@@H](O)C[C@@]21C. The summed E-state index contributed by atoms with van der Waals surface area (Å²) >= 11 is 0. The lowest BCUT2D eigenvalue weighted by molar-refractivity contribution is -0.220. The van der Waals surface area contributed by atoms with Crippen LogP contribution >= 0.6 is 0 Å². The molecule has 9 heteroatoms. The number of alkyl halides is 1. The fourth-order valence-corrected chi connectivity index (χ4v) is 7.77. The smallest absolute Gasteiger partial charge is 0.306 e. The molecule has 3 fully saturated rings. The van der Waals surface area contributed by atoms with Gasteiger partial charge >= 0.3 is 11.9 Å². The van der Waals surface area contributed by atoms with Crippen molar-refractivity contribution in [3.63, 3.8) is 0 Å². The Morgan fingerprint density at radius 2 is 1.83 bits per heavy atom. The van der Waals surface area contributed by atoms with Crippen molar-refractivity contribution in [1.82, 2.24) is 0 Å². The minimum atomic E-state index is -2.06. The Labute approximate surface area is 209 Å². The van der Waals surface area contributed by atoms with Gasteiger partial charge in [-0.2, -0.15) is 0 Å². The van der Waals surface area contributed by atoms with Crippen LogP contribution in [0.25, 0.3) is 0 Å². The molecule has 0 spiro atoms. The monoisotopic (exact) mass is 506 g/mol. The van der Waals surface area contributed by atoms with E-state index >= 15 is 4.39 Å². The molecule has 198 valence electrons. The van der Waals surface area contributed by atoms with E-state index in [-0.39, 0.29) is 25.0 Å². The van der Waals surface area contributed by atoms with Crippen molar-refractivity contribution in [2.45, 2.75) is 76.7 Å². The van der Waals surface area contributed by atoms with E-state index in [1.54, 1.807) is 26.8 Å². The van der Waals surface area contributed by atoms with E-state index in [0.717, 1.165) is 0 Å². The lowest BCUT2D eigenvalue weighted by Gasteiger charge is -2.62. The molecular weight excluding hydrogens is 471 g/mol. The van der Waals surface area contributed by atoms with Crippen LogP contribution in [-0.2, 0) is 28.7 Å².